The van der Waals surface area contributed by atoms with Crippen molar-refractivity contribution in [1.82, 2.24) is 19.4 Å². The van der Waals surface area contributed by atoms with Gasteiger partial charge in [0, 0.05) is 49.2 Å². The number of nitrogens with zero attached hydrogens (tertiary/aromatic N) is 3. The average molecular weight is 440 g/mol. The number of likely N-dealkylation sites (tertiary alicyclic amines) is 1. The van der Waals surface area contributed by atoms with E-state index in [-0.39, 0.29) is 23.6 Å². The molecule has 0 aliphatic carbocycles. The molecule has 32 heavy (non-hydrogen) atoms. The van der Waals surface area contributed by atoms with Crippen molar-refractivity contribution < 1.29 is 13.2 Å². The Balaban J connectivity index is 1.53. The summed E-state index contributed by atoms with van der Waals surface area (Å²) in [7, 11) is 0. The van der Waals surface area contributed by atoms with Crippen LogP contribution >= 0.6 is 0 Å². The molecule has 3 aromatic heterocycles. The number of aromatic nitrogens is 3. The quantitative estimate of drug-likeness (QED) is 0.489. The molecule has 0 bridgehead atoms. The number of alkyl halides is 3. The smallest absolute Gasteiger partial charge is 0.346 e. The van der Waals surface area contributed by atoms with Crippen LogP contribution in [0.1, 0.15) is 30.5 Å². The maximum Gasteiger partial charge on any atom is 0.416 e. The van der Waals surface area contributed by atoms with E-state index < -0.39 is 11.7 Å². The number of H-pyrrole nitrogens is 1. The summed E-state index contributed by atoms with van der Waals surface area (Å²) in [6.07, 6.45) is 1.68. The Morgan fingerprint density at radius 1 is 1.16 bits per heavy atom. The highest BCUT2D eigenvalue weighted by Crippen LogP contribution is 2.35. The van der Waals surface area contributed by atoms with Crippen LogP contribution in [0.5, 0.6) is 0 Å². The molecule has 8 heteroatoms. The summed E-state index contributed by atoms with van der Waals surface area (Å²) in [5.41, 5.74) is 1.14. The number of fused-ring (bicyclic) bond motifs is 3. The van der Waals surface area contributed by atoms with Crippen molar-refractivity contribution >= 4 is 21.9 Å². The summed E-state index contributed by atoms with van der Waals surface area (Å²) in [5.74, 6) is 0.303. The van der Waals surface area contributed by atoms with Gasteiger partial charge in [0.15, 0.2) is 5.43 Å². The van der Waals surface area contributed by atoms with Crippen molar-refractivity contribution in [2.45, 2.75) is 32.1 Å². The summed E-state index contributed by atoms with van der Waals surface area (Å²) in [6, 6.07) is 9.25. The van der Waals surface area contributed by atoms with Gasteiger partial charge in [-0.2, -0.15) is 13.2 Å². The first-order valence-corrected chi connectivity index (χ1v) is 10.7. The summed E-state index contributed by atoms with van der Waals surface area (Å²) in [4.78, 5) is 22.0. The maximum absolute atomic E-state index is 13.5. The summed E-state index contributed by atoms with van der Waals surface area (Å²) in [5, 5.41) is 1.42. The van der Waals surface area contributed by atoms with Crippen molar-refractivity contribution in [3.8, 4) is 0 Å². The van der Waals surface area contributed by atoms with Gasteiger partial charge in [-0.1, -0.05) is 25.1 Å². The van der Waals surface area contributed by atoms with Crippen molar-refractivity contribution in [1.29, 1.82) is 0 Å². The summed E-state index contributed by atoms with van der Waals surface area (Å²) >= 11 is 0. The average Bonchev–Trinajstić information content (AvgIpc) is 3.24. The van der Waals surface area contributed by atoms with Gasteiger partial charge in [0.1, 0.15) is 5.65 Å². The standard InChI is InChI=1S/C24H23F3N4O/c1-15-7-10-30(13-16-4-2-3-5-19(16)24(25,26)27)14-20(15)31-11-8-21(32)18-12-29-23-17(22(18)31)6-9-28-23/h2-6,8-9,11-12,15,20H,7,10,13-14H2,1H3,(H,28,29)/t15-,20+/m1/s1. The van der Waals surface area contributed by atoms with Crippen LogP contribution in [0, 0.1) is 5.92 Å². The Labute approximate surface area is 182 Å². The molecule has 4 aromatic rings. The van der Waals surface area contributed by atoms with E-state index in [0.29, 0.717) is 23.5 Å². The molecule has 166 valence electrons. The number of halogens is 3. The number of hydrogen-bond acceptors (Lipinski definition) is 3. The Morgan fingerprint density at radius 3 is 2.78 bits per heavy atom. The Kier molecular flexibility index (Phi) is 5.04. The molecule has 1 N–H and O–H groups in total. The molecular weight excluding hydrogens is 417 g/mol. The molecule has 1 aromatic carbocycles. The third kappa shape index (κ3) is 3.58. The number of aromatic amines is 1. The first-order valence-electron chi connectivity index (χ1n) is 10.7. The molecule has 1 saturated heterocycles. The number of rotatable bonds is 3. The van der Waals surface area contributed by atoms with E-state index in [9.17, 15) is 18.0 Å². The van der Waals surface area contributed by atoms with E-state index in [4.69, 9.17) is 0 Å². The Bertz CT molecular complexity index is 1340. The van der Waals surface area contributed by atoms with E-state index in [2.05, 4.69) is 26.4 Å². The van der Waals surface area contributed by atoms with E-state index in [0.717, 1.165) is 29.9 Å². The van der Waals surface area contributed by atoms with Gasteiger partial charge < -0.3 is 9.55 Å². The fourth-order valence-electron chi connectivity index (χ4n) is 4.84. The second-order valence-corrected chi connectivity index (χ2v) is 8.57. The lowest BCUT2D eigenvalue weighted by Gasteiger charge is -2.39. The van der Waals surface area contributed by atoms with Crippen molar-refractivity contribution in [3.63, 3.8) is 0 Å². The maximum atomic E-state index is 13.5. The number of nitrogens with one attached hydrogen (secondary N) is 1. The zero-order valence-corrected chi connectivity index (χ0v) is 17.6. The highest BCUT2D eigenvalue weighted by atomic mass is 19.4. The van der Waals surface area contributed by atoms with Crippen LogP contribution in [-0.2, 0) is 12.7 Å². The minimum absolute atomic E-state index is 0.0189. The monoisotopic (exact) mass is 440 g/mol. The van der Waals surface area contributed by atoms with E-state index in [1.54, 1.807) is 30.6 Å². The van der Waals surface area contributed by atoms with Crippen LogP contribution < -0.4 is 5.43 Å². The van der Waals surface area contributed by atoms with Gasteiger partial charge in [-0.05, 0) is 36.6 Å². The predicted molar refractivity (Wildman–Crippen MR) is 117 cm³/mol. The molecule has 1 aliphatic rings. The van der Waals surface area contributed by atoms with Crippen LogP contribution in [0.2, 0.25) is 0 Å². The fraction of sp³-hybridized carbons (Fsp3) is 0.333. The van der Waals surface area contributed by atoms with Gasteiger partial charge in [-0.15, -0.1) is 0 Å². The molecular formula is C24H23F3N4O. The second-order valence-electron chi connectivity index (χ2n) is 8.57. The van der Waals surface area contributed by atoms with Gasteiger partial charge in [-0.3, -0.25) is 9.69 Å². The zero-order chi connectivity index (χ0) is 22.5. The lowest BCUT2D eigenvalue weighted by atomic mass is 9.92. The third-order valence-electron chi connectivity index (χ3n) is 6.55. The van der Waals surface area contributed by atoms with Crippen molar-refractivity contribution in [2.75, 3.05) is 13.1 Å². The van der Waals surface area contributed by atoms with E-state index >= 15 is 0 Å². The van der Waals surface area contributed by atoms with Gasteiger partial charge in [0.25, 0.3) is 0 Å². The normalized spacial score (nSPS) is 20.2. The molecule has 5 nitrogen and oxygen atoms in total. The van der Waals surface area contributed by atoms with Crippen LogP contribution in [0.25, 0.3) is 21.9 Å². The molecule has 4 heterocycles. The second kappa shape index (κ2) is 7.78. The SMILES string of the molecule is C[C@@H]1CCN(Cc2ccccc2C(F)(F)F)C[C@@H]1n1ccc(=O)c2cnc3[nH]ccc3c21. The van der Waals surface area contributed by atoms with Crippen molar-refractivity contribution in [2.24, 2.45) is 5.92 Å². The van der Waals surface area contributed by atoms with Crippen LogP contribution in [0.15, 0.2) is 59.8 Å². The molecule has 0 saturated carbocycles. The van der Waals surface area contributed by atoms with E-state index in [1.165, 1.54) is 6.07 Å². The highest BCUT2D eigenvalue weighted by molar-refractivity contribution is 6.02. The Morgan fingerprint density at radius 2 is 1.97 bits per heavy atom. The van der Waals surface area contributed by atoms with Crippen LogP contribution in [0.3, 0.4) is 0 Å². The molecule has 0 radical (unpaired) electrons. The number of pyridine rings is 2. The lowest BCUT2D eigenvalue weighted by Crippen LogP contribution is -2.40. The van der Waals surface area contributed by atoms with Gasteiger partial charge in [0.2, 0.25) is 0 Å². The fourth-order valence-corrected chi connectivity index (χ4v) is 4.84. The molecule has 0 spiro atoms. The molecule has 2 atom stereocenters. The van der Waals surface area contributed by atoms with Gasteiger partial charge in [0.05, 0.1) is 16.5 Å². The number of piperidine rings is 1. The van der Waals surface area contributed by atoms with Crippen molar-refractivity contribution in [3.05, 3.63) is 76.3 Å². The predicted octanol–water partition coefficient (Wildman–Crippen LogP) is 4.98. The Hall–Kier alpha value is -3.13. The third-order valence-corrected chi connectivity index (χ3v) is 6.55. The summed E-state index contributed by atoms with van der Waals surface area (Å²) < 4.78 is 42.5. The van der Waals surface area contributed by atoms with E-state index in [1.807, 2.05) is 12.3 Å². The molecule has 1 fully saturated rings. The van der Waals surface area contributed by atoms with Gasteiger partial charge >= 0.3 is 6.18 Å². The molecule has 0 amide bonds. The first kappa shape index (κ1) is 20.8. The van der Waals surface area contributed by atoms with Gasteiger partial charge in [-0.25, -0.2) is 4.98 Å². The first-order chi connectivity index (χ1) is 15.3. The lowest BCUT2D eigenvalue weighted by molar-refractivity contribution is -0.138. The topological polar surface area (TPSA) is 53.9 Å². The zero-order valence-electron chi connectivity index (χ0n) is 17.6. The number of benzene rings is 1. The summed E-state index contributed by atoms with van der Waals surface area (Å²) in [6.45, 7) is 3.71. The minimum Gasteiger partial charge on any atom is -0.346 e. The highest BCUT2D eigenvalue weighted by Gasteiger charge is 2.34. The molecule has 5 rings (SSSR count). The molecule has 1 aliphatic heterocycles. The largest absolute Gasteiger partial charge is 0.416 e. The van der Waals surface area contributed by atoms with Crippen LogP contribution in [-0.4, -0.2) is 32.5 Å². The number of hydrogen-bond donors (Lipinski definition) is 1. The van der Waals surface area contributed by atoms with Crippen LogP contribution in [0.4, 0.5) is 13.2 Å². The molecule has 0 unspecified atom stereocenters. The minimum atomic E-state index is -4.37.